The Labute approximate surface area is 187 Å². The van der Waals surface area contributed by atoms with Gasteiger partial charge in [0.25, 0.3) is 5.69 Å². The molecule has 2 heterocycles. The van der Waals surface area contributed by atoms with Crippen LogP contribution in [-0.4, -0.2) is 42.0 Å². The zero-order valence-corrected chi connectivity index (χ0v) is 18.5. The molecule has 2 N–H and O–H groups in total. The first-order valence-corrected chi connectivity index (χ1v) is 12.0. The third kappa shape index (κ3) is 5.83. The molecular formula is C23H30N4O3S. The van der Waals surface area contributed by atoms with Crippen molar-refractivity contribution in [1.82, 2.24) is 10.6 Å². The van der Waals surface area contributed by atoms with Crippen LogP contribution in [0.2, 0.25) is 0 Å². The van der Waals surface area contributed by atoms with Gasteiger partial charge in [0.15, 0.2) is 0 Å². The maximum Gasteiger partial charge on any atom is 0.269 e. The fourth-order valence-electron chi connectivity index (χ4n) is 4.77. The minimum atomic E-state index is -0.361. The fraction of sp³-hybridized carbons (Fsp3) is 0.522. The molecule has 3 atom stereocenters. The number of nitrogens with zero attached hydrogens (tertiary/aromatic N) is 2. The van der Waals surface area contributed by atoms with E-state index in [-0.39, 0.29) is 22.6 Å². The number of hydrogen-bond donors (Lipinski definition) is 2. The molecular weight excluding hydrogens is 412 g/mol. The van der Waals surface area contributed by atoms with Gasteiger partial charge < -0.3 is 15.5 Å². The number of piperidine rings is 1. The minimum absolute atomic E-state index is 0.109. The summed E-state index contributed by atoms with van der Waals surface area (Å²) in [6.45, 7) is 1.84. The van der Waals surface area contributed by atoms with E-state index < -0.39 is 0 Å². The molecule has 7 nitrogen and oxygen atoms in total. The lowest BCUT2D eigenvalue weighted by atomic mass is 9.89. The maximum absolute atomic E-state index is 12.5. The molecule has 1 saturated heterocycles. The lowest BCUT2D eigenvalue weighted by Crippen LogP contribution is -2.57. The molecule has 0 bridgehead atoms. The van der Waals surface area contributed by atoms with Gasteiger partial charge in [-0.25, -0.2) is 0 Å². The summed E-state index contributed by atoms with van der Waals surface area (Å²) >= 11 is 1.62. The van der Waals surface area contributed by atoms with Crippen LogP contribution < -0.4 is 15.5 Å². The van der Waals surface area contributed by atoms with Crippen molar-refractivity contribution in [3.05, 3.63) is 56.8 Å². The van der Waals surface area contributed by atoms with E-state index in [2.05, 4.69) is 15.5 Å². The highest BCUT2D eigenvalue weighted by Gasteiger charge is 2.30. The molecule has 1 aliphatic carbocycles. The Morgan fingerprint density at radius 2 is 1.87 bits per heavy atom. The molecule has 0 spiro atoms. The second kappa shape index (κ2) is 10.2. The Hall–Kier alpha value is -2.45. The summed E-state index contributed by atoms with van der Waals surface area (Å²) < 4.78 is 0. The molecule has 8 heteroatoms. The zero-order chi connectivity index (χ0) is 21.6. The number of benzene rings is 1. The third-order valence-electron chi connectivity index (χ3n) is 6.32. The molecule has 31 heavy (non-hydrogen) atoms. The Morgan fingerprint density at radius 3 is 2.58 bits per heavy atom. The molecule has 1 aromatic carbocycles. The molecule has 4 rings (SSSR count). The average molecular weight is 443 g/mol. The van der Waals surface area contributed by atoms with Crippen molar-refractivity contribution in [3.63, 3.8) is 0 Å². The predicted octanol–water partition coefficient (Wildman–Crippen LogP) is 3.88. The topological polar surface area (TPSA) is 87.5 Å². The van der Waals surface area contributed by atoms with Gasteiger partial charge in [-0.2, -0.15) is 0 Å². The van der Waals surface area contributed by atoms with Gasteiger partial charge in [0.05, 0.1) is 11.3 Å². The number of non-ortho nitro benzene ring substituents is 1. The first-order valence-electron chi connectivity index (χ1n) is 11.2. The number of nitro groups is 1. The van der Waals surface area contributed by atoms with Crippen LogP contribution in [0.4, 0.5) is 11.4 Å². The Balaban J connectivity index is 1.33. The Kier molecular flexibility index (Phi) is 7.19. The summed E-state index contributed by atoms with van der Waals surface area (Å²) in [6.07, 6.45) is 7.09. The molecule has 1 amide bonds. The highest BCUT2D eigenvalue weighted by atomic mass is 32.1. The normalized spacial score (nSPS) is 24.0. The number of nitrogens with one attached hydrogen (secondary N) is 2. The van der Waals surface area contributed by atoms with Crippen molar-refractivity contribution < 1.29 is 9.72 Å². The average Bonchev–Trinajstić information content (AvgIpc) is 3.28. The summed E-state index contributed by atoms with van der Waals surface area (Å²) in [5.74, 6) is 0.109. The van der Waals surface area contributed by atoms with E-state index in [1.54, 1.807) is 23.5 Å². The number of carbonyl (C=O) groups excluding carboxylic acids is 1. The van der Waals surface area contributed by atoms with Gasteiger partial charge in [0.1, 0.15) is 0 Å². The molecule has 1 aromatic heterocycles. The summed E-state index contributed by atoms with van der Waals surface area (Å²) in [6, 6.07) is 11.7. The number of thiophene rings is 1. The number of anilines is 1. The minimum Gasteiger partial charge on any atom is -0.370 e. The number of amides is 1. The largest absolute Gasteiger partial charge is 0.370 e. The van der Waals surface area contributed by atoms with Crippen molar-refractivity contribution >= 4 is 28.6 Å². The smallest absolute Gasteiger partial charge is 0.269 e. The molecule has 2 aromatic rings. The molecule has 1 saturated carbocycles. The van der Waals surface area contributed by atoms with Gasteiger partial charge in [-0.3, -0.25) is 14.9 Å². The van der Waals surface area contributed by atoms with Crippen LogP contribution in [0.1, 0.15) is 43.4 Å². The molecule has 1 unspecified atom stereocenters. The quantitative estimate of drug-likeness (QED) is 0.502. The lowest BCUT2D eigenvalue weighted by Gasteiger charge is -2.40. The van der Waals surface area contributed by atoms with Gasteiger partial charge in [-0.1, -0.05) is 18.9 Å². The summed E-state index contributed by atoms with van der Waals surface area (Å²) in [5.41, 5.74) is 1.15. The first kappa shape index (κ1) is 21.8. The third-order valence-corrected chi connectivity index (χ3v) is 7.20. The van der Waals surface area contributed by atoms with Crippen molar-refractivity contribution in [3.8, 4) is 0 Å². The highest BCUT2D eigenvalue weighted by Crippen LogP contribution is 2.25. The monoisotopic (exact) mass is 442 g/mol. The second-order valence-corrected chi connectivity index (χ2v) is 9.58. The van der Waals surface area contributed by atoms with E-state index in [1.807, 2.05) is 29.6 Å². The van der Waals surface area contributed by atoms with Crippen LogP contribution in [0.25, 0.3) is 0 Å². The molecule has 166 valence electrons. The standard InChI is InChI=1S/C23H30N4O3S/c28-23(15-20-6-4-14-31-20)25-22-8-2-1-7-21(22)24-17-5-3-13-26(16-17)18-9-11-19(12-10-18)27(29)30/h4,6,9-12,14,17,21-22,24H,1-3,5,7-8,13,15-16H2,(H,25,28)/t17?,21-,22-/m1/s1. The van der Waals surface area contributed by atoms with E-state index in [0.717, 1.165) is 55.8 Å². The van der Waals surface area contributed by atoms with Crippen LogP contribution >= 0.6 is 11.3 Å². The van der Waals surface area contributed by atoms with Crippen molar-refractivity contribution in [2.45, 2.75) is 63.1 Å². The van der Waals surface area contributed by atoms with Gasteiger partial charge >= 0.3 is 0 Å². The number of nitro benzene ring substituents is 1. The van der Waals surface area contributed by atoms with E-state index in [1.165, 1.54) is 6.42 Å². The van der Waals surface area contributed by atoms with E-state index in [9.17, 15) is 14.9 Å². The SMILES string of the molecule is O=C(Cc1cccs1)N[C@@H]1CCCC[C@H]1NC1CCCN(c2ccc([N+](=O)[O-])cc2)C1. The van der Waals surface area contributed by atoms with Crippen LogP contribution in [0.15, 0.2) is 41.8 Å². The molecule has 1 aliphatic heterocycles. The number of rotatable bonds is 7. The number of carbonyl (C=O) groups is 1. The first-order chi connectivity index (χ1) is 15.1. The summed E-state index contributed by atoms with van der Waals surface area (Å²) in [4.78, 5) is 26.5. The highest BCUT2D eigenvalue weighted by molar-refractivity contribution is 7.10. The van der Waals surface area contributed by atoms with E-state index in [4.69, 9.17) is 0 Å². The number of hydrogen-bond acceptors (Lipinski definition) is 6. The van der Waals surface area contributed by atoms with Gasteiger partial charge in [0, 0.05) is 53.9 Å². The lowest BCUT2D eigenvalue weighted by molar-refractivity contribution is -0.384. The van der Waals surface area contributed by atoms with Crippen molar-refractivity contribution in [1.29, 1.82) is 0 Å². The van der Waals surface area contributed by atoms with Gasteiger partial charge in [0.2, 0.25) is 5.91 Å². The van der Waals surface area contributed by atoms with Crippen molar-refractivity contribution in [2.75, 3.05) is 18.0 Å². The van der Waals surface area contributed by atoms with Gasteiger partial charge in [-0.05, 0) is 49.3 Å². The summed E-state index contributed by atoms with van der Waals surface area (Å²) in [5, 5.41) is 20.0. The second-order valence-electron chi connectivity index (χ2n) is 8.55. The fourth-order valence-corrected chi connectivity index (χ4v) is 5.47. The van der Waals surface area contributed by atoms with Crippen LogP contribution in [0, 0.1) is 10.1 Å². The van der Waals surface area contributed by atoms with Crippen LogP contribution in [0.3, 0.4) is 0 Å². The Morgan fingerprint density at radius 1 is 1.10 bits per heavy atom. The van der Waals surface area contributed by atoms with Crippen LogP contribution in [-0.2, 0) is 11.2 Å². The van der Waals surface area contributed by atoms with Crippen LogP contribution in [0.5, 0.6) is 0 Å². The molecule has 0 radical (unpaired) electrons. The Bertz CT molecular complexity index is 871. The zero-order valence-electron chi connectivity index (χ0n) is 17.7. The maximum atomic E-state index is 12.5. The van der Waals surface area contributed by atoms with Gasteiger partial charge in [-0.15, -0.1) is 11.3 Å². The predicted molar refractivity (Wildman–Crippen MR) is 124 cm³/mol. The van der Waals surface area contributed by atoms with Crippen molar-refractivity contribution in [2.24, 2.45) is 0 Å². The van der Waals surface area contributed by atoms with E-state index >= 15 is 0 Å². The molecule has 2 aliphatic rings. The molecule has 2 fully saturated rings. The van der Waals surface area contributed by atoms with E-state index in [0.29, 0.717) is 18.5 Å². The summed E-state index contributed by atoms with van der Waals surface area (Å²) in [7, 11) is 0.